The summed E-state index contributed by atoms with van der Waals surface area (Å²) in [7, 11) is 0. The lowest BCUT2D eigenvalue weighted by Gasteiger charge is -2.14. The van der Waals surface area contributed by atoms with Crippen molar-refractivity contribution in [2.45, 2.75) is 16.3 Å². The normalized spacial score (nSPS) is 12.4. The van der Waals surface area contributed by atoms with E-state index in [9.17, 15) is 10.1 Å². The third kappa shape index (κ3) is 1.74. The van der Waals surface area contributed by atoms with Crippen molar-refractivity contribution in [3.05, 3.63) is 40.7 Å². The Bertz CT molecular complexity index is 921. The number of nitro groups is 1. The minimum atomic E-state index is -0.349. The Labute approximate surface area is 129 Å². The summed E-state index contributed by atoms with van der Waals surface area (Å²) in [6.07, 6.45) is 3.43. The molecule has 2 N–H and O–H groups in total. The average Bonchev–Trinajstić information content (AvgIpc) is 2.88. The van der Waals surface area contributed by atoms with Gasteiger partial charge in [0, 0.05) is 40.8 Å². The molecule has 0 saturated heterocycles. The Morgan fingerprint density at radius 1 is 1.36 bits per heavy atom. The second kappa shape index (κ2) is 4.79. The van der Waals surface area contributed by atoms with Gasteiger partial charge in [0.15, 0.2) is 0 Å². The first kappa shape index (κ1) is 13.2. The molecule has 0 aliphatic carbocycles. The molecule has 7 nitrogen and oxygen atoms in total. The summed E-state index contributed by atoms with van der Waals surface area (Å²) in [6, 6.07) is 5.13. The van der Waals surface area contributed by atoms with E-state index in [1.807, 2.05) is 6.07 Å². The molecule has 4 rings (SSSR count). The molecule has 22 heavy (non-hydrogen) atoms. The Morgan fingerprint density at radius 3 is 3.00 bits per heavy atom. The Hall–Kier alpha value is -2.45. The van der Waals surface area contributed by atoms with Crippen LogP contribution in [0.25, 0.3) is 22.2 Å². The van der Waals surface area contributed by atoms with Gasteiger partial charge < -0.3 is 5.73 Å². The van der Waals surface area contributed by atoms with Crippen molar-refractivity contribution in [2.24, 2.45) is 5.73 Å². The van der Waals surface area contributed by atoms with Gasteiger partial charge in [-0.1, -0.05) is 11.8 Å². The van der Waals surface area contributed by atoms with Crippen LogP contribution in [0.2, 0.25) is 0 Å². The van der Waals surface area contributed by atoms with Crippen molar-refractivity contribution in [1.29, 1.82) is 0 Å². The summed E-state index contributed by atoms with van der Waals surface area (Å²) in [5, 5.41) is 16.8. The first-order chi connectivity index (χ1) is 10.7. The van der Waals surface area contributed by atoms with Crippen LogP contribution in [0, 0.1) is 10.1 Å². The van der Waals surface area contributed by atoms with Gasteiger partial charge in [-0.25, -0.2) is 0 Å². The molecule has 3 heterocycles. The lowest BCUT2D eigenvalue weighted by molar-refractivity contribution is -0.387. The van der Waals surface area contributed by atoms with Crippen LogP contribution in [-0.4, -0.2) is 26.2 Å². The molecule has 110 valence electrons. The molecule has 8 heteroatoms. The van der Waals surface area contributed by atoms with Crippen molar-refractivity contribution in [1.82, 2.24) is 14.8 Å². The second-order valence-electron chi connectivity index (χ2n) is 4.90. The highest BCUT2D eigenvalue weighted by atomic mass is 32.2. The highest BCUT2D eigenvalue weighted by Crippen LogP contribution is 2.50. The largest absolute Gasteiger partial charge is 0.329 e. The molecule has 0 spiro atoms. The van der Waals surface area contributed by atoms with Gasteiger partial charge in [0.1, 0.15) is 10.6 Å². The van der Waals surface area contributed by atoms with E-state index in [1.54, 1.807) is 23.1 Å². The molecule has 1 aliphatic heterocycles. The zero-order valence-corrected chi connectivity index (χ0v) is 12.2. The number of nitro benzene ring substituents is 1. The quantitative estimate of drug-likeness (QED) is 0.460. The summed E-state index contributed by atoms with van der Waals surface area (Å²) in [4.78, 5) is 16.7. The lowest BCUT2D eigenvalue weighted by atomic mass is 10.1. The summed E-state index contributed by atoms with van der Waals surface area (Å²) in [6.45, 7) is 1.02. The van der Waals surface area contributed by atoms with Crippen LogP contribution >= 0.6 is 11.8 Å². The maximum absolute atomic E-state index is 11.3. The maximum Gasteiger partial charge on any atom is 0.284 e. The van der Waals surface area contributed by atoms with Crippen molar-refractivity contribution < 1.29 is 4.92 Å². The second-order valence-corrected chi connectivity index (χ2v) is 5.95. The predicted octanol–water partition coefficient (Wildman–Crippen LogP) is 2.43. The van der Waals surface area contributed by atoms with Crippen molar-refractivity contribution >= 4 is 28.4 Å². The summed E-state index contributed by atoms with van der Waals surface area (Å²) in [5.74, 6) is 0. The highest BCUT2D eigenvalue weighted by molar-refractivity contribution is 8.00. The zero-order valence-electron chi connectivity index (χ0n) is 11.4. The Morgan fingerprint density at radius 2 is 2.23 bits per heavy atom. The van der Waals surface area contributed by atoms with E-state index < -0.39 is 0 Å². The van der Waals surface area contributed by atoms with Crippen molar-refractivity contribution in [3.8, 4) is 11.3 Å². The molecule has 0 radical (unpaired) electrons. The lowest BCUT2D eigenvalue weighted by Crippen LogP contribution is -2.10. The van der Waals surface area contributed by atoms with Crippen molar-refractivity contribution in [3.63, 3.8) is 0 Å². The van der Waals surface area contributed by atoms with E-state index in [0.29, 0.717) is 18.0 Å². The van der Waals surface area contributed by atoms with Crippen LogP contribution in [0.5, 0.6) is 0 Å². The maximum atomic E-state index is 11.3. The SMILES string of the molecule is NCCn1nc2c3c(c([N+](=O)[O-])ccc31)Sc1ccncc1-2. The molecule has 0 bridgehead atoms. The van der Waals surface area contributed by atoms with E-state index in [-0.39, 0.29) is 10.6 Å². The monoisotopic (exact) mass is 313 g/mol. The number of rotatable bonds is 3. The Balaban J connectivity index is 2.12. The van der Waals surface area contributed by atoms with Gasteiger partial charge in [-0.2, -0.15) is 5.10 Å². The van der Waals surface area contributed by atoms with Gasteiger partial charge >= 0.3 is 0 Å². The molecule has 0 atom stereocenters. The van der Waals surface area contributed by atoms with Gasteiger partial charge in [0.05, 0.1) is 17.0 Å². The number of pyridine rings is 1. The van der Waals surface area contributed by atoms with Crippen LogP contribution in [0.4, 0.5) is 5.69 Å². The van der Waals surface area contributed by atoms with E-state index in [4.69, 9.17) is 5.73 Å². The first-order valence-electron chi connectivity index (χ1n) is 6.71. The molecule has 1 aliphatic rings. The molecular formula is C14H11N5O2S. The van der Waals surface area contributed by atoms with Crippen LogP contribution in [0.1, 0.15) is 0 Å². The number of nitrogens with two attached hydrogens (primary N) is 1. The van der Waals surface area contributed by atoms with E-state index in [2.05, 4.69) is 10.1 Å². The summed E-state index contributed by atoms with van der Waals surface area (Å²) in [5.41, 5.74) is 8.25. The minimum Gasteiger partial charge on any atom is -0.329 e. The molecule has 0 unspecified atom stereocenters. The minimum absolute atomic E-state index is 0.105. The number of benzene rings is 1. The van der Waals surface area contributed by atoms with Crippen LogP contribution < -0.4 is 5.73 Å². The van der Waals surface area contributed by atoms with Crippen LogP contribution in [0.15, 0.2) is 40.4 Å². The van der Waals surface area contributed by atoms with E-state index >= 15 is 0 Å². The first-order valence-corrected chi connectivity index (χ1v) is 7.52. The zero-order chi connectivity index (χ0) is 15.3. The number of hydrogen-bond acceptors (Lipinski definition) is 6. The van der Waals surface area contributed by atoms with Gasteiger partial charge in [-0.3, -0.25) is 19.8 Å². The molecule has 1 aromatic carbocycles. The van der Waals surface area contributed by atoms with Gasteiger partial charge in [0.25, 0.3) is 5.69 Å². The predicted molar refractivity (Wildman–Crippen MR) is 82.8 cm³/mol. The van der Waals surface area contributed by atoms with Gasteiger partial charge in [0.2, 0.25) is 0 Å². The molecular weight excluding hydrogens is 302 g/mol. The fourth-order valence-corrected chi connectivity index (χ4v) is 3.88. The van der Waals surface area contributed by atoms with Crippen LogP contribution in [0.3, 0.4) is 0 Å². The third-order valence-electron chi connectivity index (χ3n) is 3.64. The topological polar surface area (TPSA) is 99.9 Å². The third-order valence-corrected chi connectivity index (χ3v) is 4.83. The number of hydrogen-bond donors (Lipinski definition) is 1. The standard InChI is InChI=1S/C14H11N5O2S/c15-4-6-18-9-1-2-10(19(20)21)14-12(9)13(17-18)8-7-16-5-3-11(8)22-14/h1-3,5,7H,4,6,15H2. The number of aromatic nitrogens is 3. The average molecular weight is 313 g/mol. The van der Waals surface area contributed by atoms with Crippen molar-refractivity contribution in [2.75, 3.05) is 6.54 Å². The Kier molecular flexibility index (Phi) is 2.88. The molecule has 0 amide bonds. The van der Waals surface area contributed by atoms with Gasteiger partial charge in [-0.15, -0.1) is 0 Å². The number of nitrogens with zero attached hydrogens (tertiary/aromatic N) is 4. The summed E-state index contributed by atoms with van der Waals surface area (Å²) >= 11 is 1.40. The molecule has 0 fully saturated rings. The molecule has 0 saturated carbocycles. The van der Waals surface area contributed by atoms with E-state index in [0.717, 1.165) is 27.1 Å². The van der Waals surface area contributed by atoms with Gasteiger partial charge in [-0.05, 0) is 12.1 Å². The van der Waals surface area contributed by atoms with Crippen LogP contribution in [-0.2, 0) is 6.54 Å². The molecule has 3 aromatic rings. The highest BCUT2D eigenvalue weighted by Gasteiger charge is 2.29. The fourth-order valence-electron chi connectivity index (χ4n) is 2.72. The summed E-state index contributed by atoms with van der Waals surface area (Å²) < 4.78 is 1.81. The smallest absolute Gasteiger partial charge is 0.284 e. The molecule has 2 aromatic heterocycles. The fraction of sp³-hybridized carbons (Fsp3) is 0.143. The van der Waals surface area contributed by atoms with E-state index in [1.165, 1.54) is 17.8 Å². The number of fused-ring (bicyclic) bond motifs is 2.